The number of hydrogen-bond acceptors (Lipinski definition) is 4. The number of hydrogen-bond donors (Lipinski definition) is 2. The number of aliphatic carboxylic acids is 1. The van der Waals surface area contributed by atoms with E-state index >= 15 is 0 Å². The van der Waals surface area contributed by atoms with Gasteiger partial charge in [-0.05, 0) is 31.9 Å². The van der Waals surface area contributed by atoms with Crippen molar-refractivity contribution in [1.29, 1.82) is 0 Å². The van der Waals surface area contributed by atoms with Gasteiger partial charge in [0.2, 0.25) is 0 Å². The third-order valence-electron chi connectivity index (χ3n) is 5.14. The highest BCUT2D eigenvalue weighted by molar-refractivity contribution is 5.77. The molecule has 2 heterocycles. The molecule has 0 saturated carbocycles. The zero-order valence-corrected chi connectivity index (χ0v) is 14.5. The minimum atomic E-state index is -1.65. The van der Waals surface area contributed by atoms with Gasteiger partial charge in [0, 0.05) is 32.4 Å². The molecule has 3 rings (SSSR count). The molecular weight excluding hydrogens is 322 g/mol. The van der Waals surface area contributed by atoms with Crippen LogP contribution in [0.25, 0.3) is 5.69 Å². The number of aliphatic hydroxyl groups is 1. The fourth-order valence-electron chi connectivity index (χ4n) is 3.32. The van der Waals surface area contributed by atoms with Crippen LogP contribution >= 0.6 is 0 Å². The quantitative estimate of drug-likeness (QED) is 0.859. The van der Waals surface area contributed by atoms with Gasteiger partial charge >= 0.3 is 5.97 Å². The average Bonchev–Trinajstić information content (AvgIpc) is 2.81. The van der Waals surface area contributed by atoms with Crippen LogP contribution in [-0.4, -0.2) is 49.1 Å². The summed E-state index contributed by atoms with van der Waals surface area (Å²) in [6.07, 6.45) is 0.335. The van der Waals surface area contributed by atoms with E-state index in [1.807, 2.05) is 53.9 Å². The summed E-state index contributed by atoms with van der Waals surface area (Å²) < 4.78 is 3.48. The van der Waals surface area contributed by atoms with E-state index in [1.165, 1.54) is 0 Å². The molecule has 1 aliphatic heterocycles. The van der Waals surface area contributed by atoms with E-state index in [-0.39, 0.29) is 18.4 Å². The summed E-state index contributed by atoms with van der Waals surface area (Å²) >= 11 is 0. The standard InChI is InChI=1S/C18H23N3O4/c1-13-15(12-20-10-8-18(25,9-11-20)17(23)24)16(22)21(19(13)2)14-6-4-3-5-7-14/h3-7,25H,8-12H2,1-2H3,(H,23,24). The second-order valence-electron chi connectivity index (χ2n) is 6.65. The molecule has 1 fully saturated rings. The fourth-order valence-corrected chi connectivity index (χ4v) is 3.32. The van der Waals surface area contributed by atoms with Gasteiger partial charge in [-0.15, -0.1) is 0 Å². The molecule has 1 saturated heterocycles. The van der Waals surface area contributed by atoms with E-state index in [1.54, 1.807) is 4.68 Å². The predicted octanol–water partition coefficient (Wildman–Crippen LogP) is 0.896. The Balaban J connectivity index is 1.83. The molecule has 0 radical (unpaired) electrons. The number of aromatic nitrogens is 2. The second kappa shape index (κ2) is 6.50. The number of nitrogens with zero attached hydrogens (tertiary/aromatic N) is 3. The van der Waals surface area contributed by atoms with Crippen LogP contribution in [0.4, 0.5) is 0 Å². The minimum Gasteiger partial charge on any atom is -0.479 e. The second-order valence-corrected chi connectivity index (χ2v) is 6.65. The van der Waals surface area contributed by atoms with Crippen LogP contribution < -0.4 is 5.56 Å². The van der Waals surface area contributed by atoms with E-state index in [9.17, 15) is 14.7 Å². The highest BCUT2D eigenvalue weighted by Gasteiger charge is 2.39. The van der Waals surface area contributed by atoms with Crippen LogP contribution in [0.2, 0.25) is 0 Å². The summed E-state index contributed by atoms with van der Waals surface area (Å²) in [5.74, 6) is -1.17. The van der Waals surface area contributed by atoms with Crippen LogP contribution in [-0.2, 0) is 18.4 Å². The summed E-state index contributed by atoms with van der Waals surface area (Å²) in [6.45, 7) is 3.26. The molecule has 2 aromatic rings. The van der Waals surface area contributed by atoms with E-state index in [2.05, 4.69) is 0 Å². The number of rotatable bonds is 4. The van der Waals surface area contributed by atoms with E-state index in [0.717, 1.165) is 11.4 Å². The van der Waals surface area contributed by atoms with Crippen LogP contribution in [0.3, 0.4) is 0 Å². The molecule has 0 spiro atoms. The zero-order valence-electron chi connectivity index (χ0n) is 14.5. The van der Waals surface area contributed by atoms with Gasteiger partial charge in [0.1, 0.15) is 0 Å². The Labute approximate surface area is 145 Å². The molecule has 1 aromatic heterocycles. The smallest absolute Gasteiger partial charge is 0.335 e. The summed E-state index contributed by atoms with van der Waals surface area (Å²) in [5.41, 5.74) is 0.681. The van der Waals surface area contributed by atoms with Crippen LogP contribution in [0, 0.1) is 6.92 Å². The average molecular weight is 345 g/mol. The van der Waals surface area contributed by atoms with Gasteiger partial charge in [-0.2, -0.15) is 0 Å². The van der Waals surface area contributed by atoms with Crippen molar-refractivity contribution in [1.82, 2.24) is 14.3 Å². The van der Waals surface area contributed by atoms with Crippen molar-refractivity contribution in [3.63, 3.8) is 0 Å². The lowest BCUT2D eigenvalue weighted by molar-refractivity contribution is -0.163. The molecule has 0 bridgehead atoms. The van der Waals surface area contributed by atoms with Crippen molar-refractivity contribution >= 4 is 5.97 Å². The van der Waals surface area contributed by atoms with Crippen molar-refractivity contribution in [2.75, 3.05) is 13.1 Å². The number of benzene rings is 1. The molecule has 1 aliphatic rings. The van der Waals surface area contributed by atoms with Gasteiger partial charge in [0.05, 0.1) is 11.3 Å². The molecule has 7 heteroatoms. The third kappa shape index (κ3) is 3.12. The number of carbonyl (C=O) groups is 1. The lowest BCUT2D eigenvalue weighted by atomic mass is 9.91. The van der Waals surface area contributed by atoms with Gasteiger partial charge in [-0.25, -0.2) is 9.48 Å². The van der Waals surface area contributed by atoms with Gasteiger partial charge in [-0.1, -0.05) is 18.2 Å². The van der Waals surface area contributed by atoms with Crippen molar-refractivity contribution < 1.29 is 15.0 Å². The van der Waals surface area contributed by atoms with Crippen molar-refractivity contribution in [3.05, 3.63) is 51.9 Å². The fraction of sp³-hybridized carbons (Fsp3) is 0.444. The minimum absolute atomic E-state index is 0.0646. The Morgan fingerprint density at radius 1 is 1.20 bits per heavy atom. The van der Waals surface area contributed by atoms with Gasteiger partial charge < -0.3 is 10.2 Å². The molecule has 134 valence electrons. The highest BCUT2D eigenvalue weighted by Crippen LogP contribution is 2.24. The number of carboxylic acids is 1. The molecule has 1 aromatic carbocycles. The first-order chi connectivity index (χ1) is 11.8. The first kappa shape index (κ1) is 17.4. The first-order valence-electron chi connectivity index (χ1n) is 8.34. The largest absolute Gasteiger partial charge is 0.479 e. The summed E-state index contributed by atoms with van der Waals surface area (Å²) in [6, 6.07) is 9.46. The number of carboxylic acid groups (broad SMARTS) is 1. The Kier molecular flexibility index (Phi) is 4.53. The van der Waals surface area contributed by atoms with Gasteiger partial charge in [0.25, 0.3) is 5.56 Å². The SMILES string of the molecule is Cc1c(CN2CCC(O)(C(=O)O)CC2)c(=O)n(-c2ccccc2)n1C. The van der Waals surface area contributed by atoms with Crippen molar-refractivity contribution in [2.24, 2.45) is 7.05 Å². The maximum atomic E-state index is 12.9. The number of likely N-dealkylation sites (tertiary alicyclic amines) is 1. The summed E-state index contributed by atoms with van der Waals surface area (Å²) in [7, 11) is 1.85. The maximum absolute atomic E-state index is 12.9. The van der Waals surface area contributed by atoms with Gasteiger partial charge in [-0.3, -0.25) is 14.4 Å². The molecule has 0 amide bonds. The number of para-hydroxylation sites is 1. The van der Waals surface area contributed by atoms with E-state index in [0.29, 0.717) is 25.2 Å². The molecule has 0 atom stereocenters. The van der Waals surface area contributed by atoms with E-state index in [4.69, 9.17) is 5.11 Å². The predicted molar refractivity (Wildman–Crippen MR) is 92.8 cm³/mol. The van der Waals surface area contributed by atoms with Gasteiger partial charge in [0.15, 0.2) is 5.60 Å². The lowest BCUT2D eigenvalue weighted by Gasteiger charge is -2.35. The topological polar surface area (TPSA) is 87.7 Å². The highest BCUT2D eigenvalue weighted by atomic mass is 16.4. The molecular formula is C18H23N3O4. The first-order valence-corrected chi connectivity index (χ1v) is 8.34. The Morgan fingerprint density at radius 2 is 1.80 bits per heavy atom. The normalized spacial score (nSPS) is 17.6. The Hall–Kier alpha value is -2.38. The van der Waals surface area contributed by atoms with Crippen molar-refractivity contribution in [3.8, 4) is 5.69 Å². The Morgan fingerprint density at radius 3 is 2.36 bits per heavy atom. The van der Waals surface area contributed by atoms with Crippen LogP contribution in [0.15, 0.2) is 35.1 Å². The molecule has 0 unspecified atom stereocenters. The number of piperidine rings is 1. The summed E-state index contributed by atoms with van der Waals surface area (Å²) in [5, 5.41) is 19.1. The Bertz CT molecular complexity index is 830. The monoisotopic (exact) mass is 345 g/mol. The molecule has 25 heavy (non-hydrogen) atoms. The maximum Gasteiger partial charge on any atom is 0.335 e. The molecule has 2 N–H and O–H groups in total. The third-order valence-corrected chi connectivity index (χ3v) is 5.14. The van der Waals surface area contributed by atoms with Crippen LogP contribution in [0.5, 0.6) is 0 Å². The summed E-state index contributed by atoms with van der Waals surface area (Å²) in [4.78, 5) is 26.0. The van der Waals surface area contributed by atoms with Crippen LogP contribution in [0.1, 0.15) is 24.1 Å². The zero-order chi connectivity index (χ0) is 18.2. The van der Waals surface area contributed by atoms with E-state index < -0.39 is 11.6 Å². The van der Waals surface area contributed by atoms with Crippen molar-refractivity contribution in [2.45, 2.75) is 31.9 Å². The lowest BCUT2D eigenvalue weighted by Crippen LogP contribution is -2.49. The molecule has 7 nitrogen and oxygen atoms in total. The molecule has 0 aliphatic carbocycles.